The number of nitrogens with one attached hydrogen (secondary N) is 1. The van der Waals surface area contributed by atoms with Gasteiger partial charge in [0.15, 0.2) is 0 Å². The molecule has 0 radical (unpaired) electrons. The highest BCUT2D eigenvalue weighted by atomic mass is 35.5. The zero-order valence-corrected chi connectivity index (χ0v) is 10.8. The van der Waals surface area contributed by atoms with Crippen molar-refractivity contribution in [2.24, 2.45) is 0 Å². The minimum absolute atomic E-state index is 0.250. The summed E-state index contributed by atoms with van der Waals surface area (Å²) in [6, 6.07) is 6.99. The molecule has 92 valence electrons. The number of aromatic nitrogens is 2. The fourth-order valence-corrected chi connectivity index (χ4v) is 1.76. The Balaban J connectivity index is 2.24. The lowest BCUT2D eigenvalue weighted by Gasteiger charge is -2.08. The molecule has 5 heteroatoms. The molecular weight excluding hydrogens is 250 g/mol. The standard InChI is InChI=1S/C13H12ClN3O/c1-8-4-3-7-15-12(8)13(18)17-10-5-6-11(14)16-9(10)2/h3-7H,1-2H3,(H,17,18). The minimum Gasteiger partial charge on any atom is -0.319 e. The van der Waals surface area contributed by atoms with Gasteiger partial charge in [-0.3, -0.25) is 9.78 Å². The predicted molar refractivity (Wildman–Crippen MR) is 70.9 cm³/mol. The monoisotopic (exact) mass is 261 g/mol. The summed E-state index contributed by atoms with van der Waals surface area (Å²) < 4.78 is 0. The third kappa shape index (κ3) is 2.65. The van der Waals surface area contributed by atoms with Gasteiger partial charge in [0.1, 0.15) is 10.8 Å². The third-order valence-corrected chi connectivity index (χ3v) is 2.74. The van der Waals surface area contributed by atoms with Crippen molar-refractivity contribution in [2.45, 2.75) is 13.8 Å². The number of hydrogen-bond acceptors (Lipinski definition) is 3. The number of halogens is 1. The minimum atomic E-state index is -0.250. The zero-order valence-electron chi connectivity index (χ0n) is 10.1. The number of hydrogen-bond donors (Lipinski definition) is 1. The maximum Gasteiger partial charge on any atom is 0.274 e. The first-order valence-electron chi connectivity index (χ1n) is 5.44. The van der Waals surface area contributed by atoms with Crippen LogP contribution in [-0.2, 0) is 0 Å². The third-order valence-electron chi connectivity index (χ3n) is 2.52. The molecule has 0 atom stereocenters. The molecule has 0 saturated heterocycles. The van der Waals surface area contributed by atoms with Gasteiger partial charge in [0, 0.05) is 6.20 Å². The van der Waals surface area contributed by atoms with Gasteiger partial charge in [-0.05, 0) is 37.6 Å². The summed E-state index contributed by atoms with van der Waals surface area (Å²) in [5, 5.41) is 3.17. The Labute approximate surface area is 110 Å². The molecule has 2 aromatic heterocycles. The van der Waals surface area contributed by atoms with Crippen molar-refractivity contribution < 1.29 is 4.79 Å². The smallest absolute Gasteiger partial charge is 0.274 e. The summed E-state index contributed by atoms with van der Waals surface area (Å²) in [7, 11) is 0. The Morgan fingerprint density at radius 1 is 1.28 bits per heavy atom. The molecule has 18 heavy (non-hydrogen) atoms. The number of aryl methyl sites for hydroxylation is 2. The lowest BCUT2D eigenvalue weighted by molar-refractivity contribution is 0.102. The second-order valence-corrected chi connectivity index (χ2v) is 4.28. The molecule has 2 heterocycles. The molecule has 1 N–H and O–H groups in total. The Morgan fingerprint density at radius 3 is 2.72 bits per heavy atom. The molecule has 4 nitrogen and oxygen atoms in total. The molecule has 1 amide bonds. The molecule has 0 bridgehead atoms. The van der Waals surface area contributed by atoms with Crippen LogP contribution in [-0.4, -0.2) is 15.9 Å². The van der Waals surface area contributed by atoms with E-state index in [9.17, 15) is 4.79 Å². The highest BCUT2D eigenvalue weighted by Crippen LogP contribution is 2.16. The highest BCUT2D eigenvalue weighted by molar-refractivity contribution is 6.29. The predicted octanol–water partition coefficient (Wildman–Crippen LogP) is 3.00. The SMILES string of the molecule is Cc1cccnc1C(=O)Nc1ccc(Cl)nc1C. The van der Waals surface area contributed by atoms with Gasteiger partial charge >= 0.3 is 0 Å². The van der Waals surface area contributed by atoms with Gasteiger partial charge in [0.05, 0.1) is 11.4 Å². The number of anilines is 1. The Morgan fingerprint density at radius 2 is 2.06 bits per heavy atom. The normalized spacial score (nSPS) is 10.2. The van der Waals surface area contributed by atoms with E-state index in [1.165, 1.54) is 0 Å². The van der Waals surface area contributed by atoms with E-state index in [1.54, 1.807) is 31.3 Å². The van der Waals surface area contributed by atoms with Crippen LogP contribution in [0, 0.1) is 13.8 Å². The Hall–Kier alpha value is -1.94. The van der Waals surface area contributed by atoms with Gasteiger partial charge < -0.3 is 5.32 Å². The summed E-state index contributed by atoms with van der Waals surface area (Å²) in [5.41, 5.74) is 2.54. The van der Waals surface area contributed by atoms with Gasteiger partial charge in [-0.2, -0.15) is 0 Å². The first-order chi connectivity index (χ1) is 8.58. The highest BCUT2D eigenvalue weighted by Gasteiger charge is 2.11. The largest absolute Gasteiger partial charge is 0.319 e. The molecule has 0 unspecified atom stereocenters. The molecule has 0 saturated carbocycles. The van der Waals surface area contributed by atoms with Crippen LogP contribution in [0.3, 0.4) is 0 Å². The number of carbonyl (C=O) groups is 1. The Kier molecular flexibility index (Phi) is 3.58. The fourth-order valence-electron chi connectivity index (χ4n) is 1.57. The second kappa shape index (κ2) is 5.14. The van der Waals surface area contributed by atoms with Crippen LogP contribution < -0.4 is 5.32 Å². The first-order valence-corrected chi connectivity index (χ1v) is 5.82. The number of carbonyl (C=O) groups excluding carboxylic acids is 1. The van der Waals surface area contributed by atoms with E-state index < -0.39 is 0 Å². The molecule has 2 rings (SSSR count). The van der Waals surface area contributed by atoms with Crippen LogP contribution in [0.5, 0.6) is 0 Å². The lowest BCUT2D eigenvalue weighted by Crippen LogP contribution is -2.16. The van der Waals surface area contributed by atoms with Gasteiger partial charge in [-0.1, -0.05) is 17.7 Å². The van der Waals surface area contributed by atoms with Crippen LogP contribution in [0.2, 0.25) is 5.15 Å². The number of amides is 1. The van der Waals surface area contributed by atoms with E-state index in [-0.39, 0.29) is 5.91 Å². The van der Waals surface area contributed by atoms with E-state index in [1.807, 2.05) is 13.0 Å². The lowest BCUT2D eigenvalue weighted by atomic mass is 10.2. The average Bonchev–Trinajstić information content (AvgIpc) is 2.33. The van der Waals surface area contributed by atoms with Crippen molar-refractivity contribution >= 4 is 23.2 Å². The average molecular weight is 262 g/mol. The van der Waals surface area contributed by atoms with Crippen LogP contribution in [0.25, 0.3) is 0 Å². The molecule has 0 aromatic carbocycles. The van der Waals surface area contributed by atoms with Gasteiger partial charge in [0.2, 0.25) is 0 Å². The summed E-state index contributed by atoms with van der Waals surface area (Å²) in [6.45, 7) is 3.63. The van der Waals surface area contributed by atoms with Gasteiger partial charge in [0.25, 0.3) is 5.91 Å². The number of nitrogens with zero attached hydrogens (tertiary/aromatic N) is 2. The van der Waals surface area contributed by atoms with Crippen molar-refractivity contribution in [3.8, 4) is 0 Å². The molecule has 0 aliphatic carbocycles. The van der Waals surface area contributed by atoms with Crippen LogP contribution in [0.1, 0.15) is 21.7 Å². The van der Waals surface area contributed by atoms with Crippen molar-refractivity contribution in [1.29, 1.82) is 0 Å². The van der Waals surface area contributed by atoms with Crippen molar-refractivity contribution in [3.63, 3.8) is 0 Å². The topological polar surface area (TPSA) is 54.9 Å². The molecular formula is C13H12ClN3O. The van der Waals surface area contributed by atoms with E-state index in [4.69, 9.17) is 11.6 Å². The van der Waals surface area contributed by atoms with Crippen LogP contribution in [0.15, 0.2) is 30.5 Å². The van der Waals surface area contributed by atoms with E-state index in [0.717, 1.165) is 5.56 Å². The summed E-state index contributed by atoms with van der Waals surface area (Å²) in [6.07, 6.45) is 1.59. The van der Waals surface area contributed by atoms with Crippen molar-refractivity contribution in [1.82, 2.24) is 9.97 Å². The maximum atomic E-state index is 12.0. The molecule has 0 aliphatic rings. The quantitative estimate of drug-likeness (QED) is 0.846. The van der Waals surface area contributed by atoms with E-state index >= 15 is 0 Å². The summed E-state index contributed by atoms with van der Waals surface area (Å²) in [5.74, 6) is -0.250. The summed E-state index contributed by atoms with van der Waals surface area (Å²) >= 11 is 5.76. The number of pyridine rings is 2. The Bertz CT molecular complexity index is 599. The maximum absolute atomic E-state index is 12.0. The zero-order chi connectivity index (χ0) is 13.1. The van der Waals surface area contributed by atoms with Gasteiger partial charge in [-0.15, -0.1) is 0 Å². The van der Waals surface area contributed by atoms with Crippen molar-refractivity contribution in [3.05, 3.63) is 52.6 Å². The number of rotatable bonds is 2. The molecule has 0 fully saturated rings. The van der Waals surface area contributed by atoms with Crippen LogP contribution in [0.4, 0.5) is 5.69 Å². The van der Waals surface area contributed by atoms with E-state index in [2.05, 4.69) is 15.3 Å². The fraction of sp³-hybridized carbons (Fsp3) is 0.154. The van der Waals surface area contributed by atoms with Crippen molar-refractivity contribution in [2.75, 3.05) is 5.32 Å². The van der Waals surface area contributed by atoms with Gasteiger partial charge in [-0.25, -0.2) is 4.98 Å². The molecule has 2 aromatic rings. The van der Waals surface area contributed by atoms with E-state index in [0.29, 0.717) is 22.2 Å². The second-order valence-electron chi connectivity index (χ2n) is 3.89. The first kappa shape index (κ1) is 12.5. The summed E-state index contributed by atoms with van der Waals surface area (Å²) in [4.78, 5) is 20.2. The molecule has 0 aliphatic heterocycles. The molecule has 0 spiro atoms. The van der Waals surface area contributed by atoms with Crippen LogP contribution >= 0.6 is 11.6 Å².